The smallest absolute Gasteiger partial charge is 0.267 e. The average Bonchev–Trinajstić information content (AvgIpc) is 2.44. The Bertz CT molecular complexity index is 629. The quantitative estimate of drug-likeness (QED) is 0.744. The van der Waals surface area contributed by atoms with Crippen molar-refractivity contribution in [1.29, 1.82) is 0 Å². The van der Waals surface area contributed by atoms with Crippen LogP contribution in [-0.2, 0) is 0 Å². The van der Waals surface area contributed by atoms with Crippen LogP contribution in [0.1, 0.15) is 34.3 Å². The standard InChI is InChI=1S/C16H13NO/c1-11-13-9-5-6-10-14(13)16(18)17-15(11)12-7-3-2-4-8-12/h2-11H,1H3. The highest BCUT2D eigenvalue weighted by Crippen LogP contribution is 2.29. The average molecular weight is 235 g/mol. The van der Waals surface area contributed by atoms with Crippen LogP contribution in [0, 0.1) is 0 Å². The zero-order valence-corrected chi connectivity index (χ0v) is 10.1. The minimum absolute atomic E-state index is 0.137. The van der Waals surface area contributed by atoms with Crippen molar-refractivity contribution in [1.82, 2.24) is 0 Å². The first-order valence-corrected chi connectivity index (χ1v) is 6.04. The molecule has 1 aliphatic rings. The number of nitrogens with zero attached hydrogens (tertiary/aromatic N) is 1. The van der Waals surface area contributed by atoms with Crippen LogP contribution in [0.2, 0.25) is 0 Å². The molecule has 2 aromatic rings. The summed E-state index contributed by atoms with van der Waals surface area (Å²) in [6.45, 7) is 2.09. The van der Waals surface area contributed by atoms with Crippen LogP contribution in [0.3, 0.4) is 0 Å². The molecule has 0 radical (unpaired) electrons. The van der Waals surface area contributed by atoms with Crippen LogP contribution >= 0.6 is 0 Å². The molecule has 1 amide bonds. The van der Waals surface area contributed by atoms with Gasteiger partial charge >= 0.3 is 0 Å². The van der Waals surface area contributed by atoms with E-state index in [0.29, 0.717) is 0 Å². The van der Waals surface area contributed by atoms with Gasteiger partial charge in [0.2, 0.25) is 0 Å². The van der Waals surface area contributed by atoms with Crippen LogP contribution < -0.4 is 0 Å². The van der Waals surface area contributed by atoms with Crippen LogP contribution in [0.5, 0.6) is 0 Å². The van der Waals surface area contributed by atoms with E-state index < -0.39 is 0 Å². The highest BCUT2D eigenvalue weighted by Gasteiger charge is 2.26. The summed E-state index contributed by atoms with van der Waals surface area (Å²) in [4.78, 5) is 16.3. The molecule has 0 aliphatic carbocycles. The van der Waals surface area contributed by atoms with Crippen molar-refractivity contribution < 1.29 is 4.79 Å². The highest BCUT2D eigenvalue weighted by molar-refractivity contribution is 6.17. The third-order valence-electron chi connectivity index (χ3n) is 3.36. The van der Waals surface area contributed by atoms with Gasteiger partial charge in [-0.2, -0.15) is 0 Å². The van der Waals surface area contributed by atoms with Crippen molar-refractivity contribution >= 4 is 11.6 Å². The number of amides is 1. The van der Waals surface area contributed by atoms with Crippen molar-refractivity contribution in [2.45, 2.75) is 12.8 Å². The van der Waals surface area contributed by atoms with E-state index in [1.807, 2.05) is 54.6 Å². The van der Waals surface area contributed by atoms with Gasteiger partial charge in [-0.05, 0) is 17.2 Å². The minimum atomic E-state index is -0.137. The number of hydrogen-bond donors (Lipinski definition) is 0. The van der Waals surface area contributed by atoms with E-state index in [4.69, 9.17) is 0 Å². The number of fused-ring (bicyclic) bond motifs is 1. The Kier molecular flexibility index (Phi) is 2.56. The Morgan fingerprint density at radius 1 is 0.944 bits per heavy atom. The van der Waals surface area contributed by atoms with E-state index >= 15 is 0 Å². The predicted octanol–water partition coefficient (Wildman–Crippen LogP) is 3.43. The van der Waals surface area contributed by atoms with Gasteiger partial charge in [-0.1, -0.05) is 55.5 Å². The van der Waals surface area contributed by atoms with Gasteiger partial charge in [-0.3, -0.25) is 4.79 Å². The summed E-state index contributed by atoms with van der Waals surface area (Å²) in [6, 6.07) is 17.6. The lowest BCUT2D eigenvalue weighted by Gasteiger charge is -2.22. The molecule has 2 aromatic carbocycles. The first kappa shape index (κ1) is 10.9. The second-order valence-corrected chi connectivity index (χ2v) is 4.48. The third kappa shape index (κ3) is 1.66. The number of carbonyl (C=O) groups is 1. The molecule has 0 bridgehead atoms. The van der Waals surface area contributed by atoms with Crippen molar-refractivity contribution in [3.05, 3.63) is 71.3 Å². The lowest BCUT2D eigenvalue weighted by Crippen LogP contribution is -2.21. The Morgan fingerprint density at radius 2 is 1.61 bits per heavy atom. The highest BCUT2D eigenvalue weighted by atomic mass is 16.1. The van der Waals surface area contributed by atoms with Gasteiger partial charge in [0, 0.05) is 11.5 Å². The maximum atomic E-state index is 12.0. The van der Waals surface area contributed by atoms with Crippen LogP contribution in [-0.4, -0.2) is 11.6 Å². The molecule has 1 heterocycles. The zero-order valence-electron chi connectivity index (χ0n) is 10.1. The lowest BCUT2D eigenvalue weighted by atomic mass is 9.86. The summed E-state index contributed by atoms with van der Waals surface area (Å²) >= 11 is 0. The van der Waals surface area contributed by atoms with Crippen LogP contribution in [0.4, 0.5) is 0 Å². The Morgan fingerprint density at radius 3 is 2.39 bits per heavy atom. The van der Waals surface area contributed by atoms with Gasteiger partial charge in [0.15, 0.2) is 0 Å². The molecular formula is C16H13NO. The SMILES string of the molecule is CC1C(c2ccccc2)=NC(=O)c2ccccc21. The lowest BCUT2D eigenvalue weighted by molar-refractivity contribution is 0.0999. The number of carbonyl (C=O) groups excluding carboxylic acids is 1. The molecule has 18 heavy (non-hydrogen) atoms. The molecule has 0 aromatic heterocycles. The fourth-order valence-corrected chi connectivity index (χ4v) is 2.41. The largest absolute Gasteiger partial charge is 0.277 e. The second-order valence-electron chi connectivity index (χ2n) is 4.48. The molecule has 1 unspecified atom stereocenters. The van der Waals surface area contributed by atoms with E-state index in [1.165, 1.54) is 0 Å². The van der Waals surface area contributed by atoms with Crippen LogP contribution in [0.15, 0.2) is 59.6 Å². The molecule has 0 fully saturated rings. The van der Waals surface area contributed by atoms with E-state index in [0.717, 1.165) is 22.4 Å². The molecular weight excluding hydrogens is 222 g/mol. The van der Waals surface area contributed by atoms with Crippen molar-refractivity contribution in [2.75, 3.05) is 0 Å². The third-order valence-corrected chi connectivity index (χ3v) is 3.36. The zero-order chi connectivity index (χ0) is 12.5. The summed E-state index contributed by atoms with van der Waals surface area (Å²) in [5.41, 5.74) is 3.67. The summed E-state index contributed by atoms with van der Waals surface area (Å²) in [5.74, 6) is 0.0175. The molecule has 1 aliphatic heterocycles. The van der Waals surface area contributed by atoms with Gasteiger partial charge in [0.1, 0.15) is 0 Å². The van der Waals surface area contributed by atoms with Gasteiger partial charge in [0.05, 0.1) is 5.71 Å². The maximum absolute atomic E-state index is 12.0. The number of hydrogen-bond acceptors (Lipinski definition) is 1. The van der Waals surface area contributed by atoms with Gasteiger partial charge in [-0.15, -0.1) is 0 Å². The fourth-order valence-electron chi connectivity index (χ4n) is 2.41. The van der Waals surface area contributed by atoms with Crippen molar-refractivity contribution in [2.24, 2.45) is 4.99 Å². The van der Waals surface area contributed by atoms with E-state index in [1.54, 1.807) is 0 Å². The van der Waals surface area contributed by atoms with Crippen LogP contribution in [0.25, 0.3) is 0 Å². The predicted molar refractivity (Wildman–Crippen MR) is 72.2 cm³/mol. The van der Waals surface area contributed by atoms with Gasteiger partial charge in [-0.25, -0.2) is 4.99 Å². The molecule has 3 rings (SSSR count). The minimum Gasteiger partial charge on any atom is -0.267 e. The van der Waals surface area contributed by atoms with E-state index in [9.17, 15) is 4.79 Å². The van der Waals surface area contributed by atoms with Crippen molar-refractivity contribution in [3.8, 4) is 0 Å². The topological polar surface area (TPSA) is 29.4 Å². The summed E-state index contributed by atoms with van der Waals surface area (Å²) in [7, 11) is 0. The normalized spacial score (nSPS) is 18.2. The first-order chi connectivity index (χ1) is 8.77. The second kappa shape index (κ2) is 4.22. The van der Waals surface area contributed by atoms with E-state index in [-0.39, 0.29) is 11.8 Å². The first-order valence-electron chi connectivity index (χ1n) is 6.04. The van der Waals surface area contributed by atoms with E-state index in [2.05, 4.69) is 11.9 Å². The monoisotopic (exact) mass is 235 g/mol. The maximum Gasteiger partial charge on any atom is 0.277 e. The summed E-state index contributed by atoms with van der Waals surface area (Å²) in [6.07, 6.45) is 0. The number of aliphatic imine (C=N–C) groups is 1. The molecule has 2 nitrogen and oxygen atoms in total. The Balaban J connectivity index is 2.13. The van der Waals surface area contributed by atoms with Gasteiger partial charge in [0.25, 0.3) is 5.91 Å². The molecule has 1 atom stereocenters. The molecule has 2 heteroatoms. The fraction of sp³-hybridized carbons (Fsp3) is 0.125. The molecule has 0 spiro atoms. The number of benzene rings is 2. The summed E-state index contributed by atoms with van der Waals surface area (Å²) in [5, 5.41) is 0. The molecule has 0 N–H and O–H groups in total. The molecule has 0 saturated heterocycles. The van der Waals surface area contributed by atoms with Crippen molar-refractivity contribution in [3.63, 3.8) is 0 Å². The molecule has 88 valence electrons. The Hall–Kier alpha value is -2.22. The molecule has 0 saturated carbocycles. The summed E-state index contributed by atoms with van der Waals surface area (Å²) < 4.78 is 0. The Labute approximate surface area is 106 Å². The number of rotatable bonds is 1. The van der Waals surface area contributed by atoms with Gasteiger partial charge < -0.3 is 0 Å².